The van der Waals surface area contributed by atoms with Gasteiger partial charge in [0.2, 0.25) is 6.23 Å². The maximum atomic E-state index is 14.2. The Morgan fingerprint density at radius 1 is 1.52 bits per heavy atom. The number of anilines is 1. The van der Waals surface area contributed by atoms with Crippen LogP contribution < -0.4 is 11.4 Å². The van der Waals surface area contributed by atoms with Crippen LogP contribution in [0.15, 0.2) is 17.1 Å². The molecule has 0 bridgehead atoms. The molecule has 2 rings (SSSR count). The van der Waals surface area contributed by atoms with Gasteiger partial charge >= 0.3 is 17.8 Å². The number of ether oxygens (including phenoxy) is 3. The van der Waals surface area contributed by atoms with Crippen molar-refractivity contribution in [3.05, 3.63) is 22.7 Å². The molecule has 140 valence electrons. The van der Waals surface area contributed by atoms with E-state index in [1.165, 1.54) is 0 Å². The molecule has 1 aliphatic heterocycles. The Labute approximate surface area is 141 Å². The third-order valence-corrected chi connectivity index (χ3v) is 3.24. The lowest BCUT2D eigenvalue weighted by atomic mass is 10.1. The number of hydrogen-bond acceptors (Lipinski definition) is 8. The number of halogens is 2. The van der Waals surface area contributed by atoms with Crippen LogP contribution in [0.3, 0.4) is 0 Å². The minimum absolute atomic E-state index is 0.145. The molecule has 11 heteroatoms. The van der Waals surface area contributed by atoms with Crippen molar-refractivity contribution in [1.29, 1.82) is 0 Å². The molecule has 2 heterocycles. The molecule has 1 aliphatic rings. The Kier molecular flexibility index (Phi) is 5.00. The minimum atomic E-state index is -3.82. The topological polar surface area (TPSA) is 126 Å². The molecule has 3 N–H and O–H groups in total. The monoisotopic (exact) mass is 363 g/mol. The Bertz CT molecular complexity index is 703. The van der Waals surface area contributed by atoms with E-state index >= 15 is 0 Å². The highest BCUT2D eigenvalue weighted by molar-refractivity contribution is 5.60. The summed E-state index contributed by atoms with van der Waals surface area (Å²) in [6, 6.07) is 1.14. The number of aromatic nitrogens is 2. The minimum Gasteiger partial charge on any atom is -0.431 e. The highest BCUT2D eigenvalue weighted by Gasteiger charge is 2.60. The van der Waals surface area contributed by atoms with Gasteiger partial charge in [-0.15, -0.1) is 0 Å². The van der Waals surface area contributed by atoms with Crippen LogP contribution >= 0.6 is 0 Å². The second-order valence-electron chi connectivity index (χ2n) is 6.46. The first-order valence-electron chi connectivity index (χ1n) is 7.33. The van der Waals surface area contributed by atoms with Gasteiger partial charge in [-0.1, -0.05) is 0 Å². The van der Waals surface area contributed by atoms with Gasteiger partial charge in [-0.25, -0.2) is 9.59 Å². The van der Waals surface area contributed by atoms with Crippen molar-refractivity contribution < 1.29 is 32.9 Å². The van der Waals surface area contributed by atoms with Crippen LogP contribution in [0.5, 0.6) is 0 Å². The molecule has 0 radical (unpaired) electrons. The van der Waals surface area contributed by atoms with E-state index in [0.29, 0.717) is 4.57 Å². The number of nitrogens with two attached hydrogens (primary N) is 1. The van der Waals surface area contributed by atoms with Gasteiger partial charge < -0.3 is 25.1 Å². The summed E-state index contributed by atoms with van der Waals surface area (Å²) in [4.78, 5) is 26.5. The zero-order valence-corrected chi connectivity index (χ0v) is 13.8. The molecule has 25 heavy (non-hydrogen) atoms. The highest BCUT2D eigenvalue weighted by atomic mass is 19.3. The van der Waals surface area contributed by atoms with E-state index in [2.05, 4.69) is 4.98 Å². The second kappa shape index (κ2) is 6.56. The molecule has 0 aromatic carbocycles. The van der Waals surface area contributed by atoms with Gasteiger partial charge in [-0.2, -0.15) is 13.8 Å². The first-order chi connectivity index (χ1) is 11.4. The molecule has 0 spiro atoms. The Balaban J connectivity index is 2.11. The van der Waals surface area contributed by atoms with E-state index in [9.17, 15) is 23.5 Å². The molecule has 1 fully saturated rings. The summed E-state index contributed by atoms with van der Waals surface area (Å²) in [7, 11) is 0. The average molecular weight is 363 g/mol. The third-order valence-electron chi connectivity index (χ3n) is 3.24. The summed E-state index contributed by atoms with van der Waals surface area (Å²) < 4.78 is 43.6. The number of nitrogens with zero attached hydrogens (tertiary/aromatic N) is 2. The molecule has 0 aliphatic carbocycles. The van der Waals surface area contributed by atoms with Crippen LogP contribution in [0, 0.1) is 0 Å². The smallest absolute Gasteiger partial charge is 0.431 e. The van der Waals surface area contributed by atoms with Crippen molar-refractivity contribution in [2.75, 3.05) is 12.3 Å². The van der Waals surface area contributed by atoms with Crippen molar-refractivity contribution in [3.63, 3.8) is 0 Å². The van der Waals surface area contributed by atoms with Gasteiger partial charge in [-0.3, -0.25) is 4.57 Å². The molecule has 0 unspecified atom stereocenters. The number of nitrogen functional groups attached to an aromatic ring is 1. The van der Waals surface area contributed by atoms with Gasteiger partial charge in [0.05, 0.1) is 0 Å². The summed E-state index contributed by atoms with van der Waals surface area (Å²) >= 11 is 0. The van der Waals surface area contributed by atoms with Crippen LogP contribution in [0.25, 0.3) is 0 Å². The highest BCUT2D eigenvalue weighted by Crippen LogP contribution is 2.42. The van der Waals surface area contributed by atoms with Crippen LogP contribution in [0.2, 0.25) is 0 Å². The molecule has 1 aromatic rings. The summed E-state index contributed by atoms with van der Waals surface area (Å²) in [5, 5.41) is 9.77. The van der Waals surface area contributed by atoms with Crippen LogP contribution in [0.4, 0.5) is 19.4 Å². The van der Waals surface area contributed by atoms with Gasteiger partial charge in [-0.05, 0) is 26.8 Å². The molecule has 3 atom stereocenters. The fourth-order valence-electron chi connectivity index (χ4n) is 2.14. The molecule has 1 aromatic heterocycles. The van der Waals surface area contributed by atoms with Gasteiger partial charge in [0.25, 0.3) is 0 Å². The van der Waals surface area contributed by atoms with E-state index in [-0.39, 0.29) is 5.82 Å². The Morgan fingerprint density at radius 2 is 2.16 bits per heavy atom. The van der Waals surface area contributed by atoms with Crippen molar-refractivity contribution in [2.24, 2.45) is 0 Å². The Morgan fingerprint density at radius 3 is 2.72 bits per heavy atom. The molecular weight excluding hydrogens is 344 g/mol. The summed E-state index contributed by atoms with van der Waals surface area (Å²) in [5.74, 6) is -3.96. The normalized spacial score (nSPS) is 25.6. The predicted octanol–water partition coefficient (Wildman–Crippen LogP) is 0.671. The number of alkyl halides is 2. The number of rotatable bonds is 3. The lowest BCUT2D eigenvalue weighted by molar-refractivity contribution is -0.141. The number of hydrogen-bond donors (Lipinski definition) is 2. The summed E-state index contributed by atoms with van der Waals surface area (Å²) in [5.41, 5.74) is 3.41. The number of carbonyl (C=O) groups is 1. The Hall–Kier alpha value is -2.27. The lowest BCUT2D eigenvalue weighted by Crippen LogP contribution is -2.42. The van der Waals surface area contributed by atoms with E-state index < -0.39 is 48.4 Å². The van der Waals surface area contributed by atoms with Crippen molar-refractivity contribution >= 4 is 12.0 Å². The fraction of sp³-hybridized carbons (Fsp3) is 0.643. The number of aliphatic hydroxyl groups excluding tert-OH is 1. The fourth-order valence-corrected chi connectivity index (χ4v) is 2.14. The van der Waals surface area contributed by atoms with E-state index in [0.717, 1.165) is 12.3 Å². The SMILES string of the molecule is CC(C)(C)OC(=O)OC[C@H]1O[C@@H](n2ccc(N)nc2=O)C(F)(F)[C@@H]1O. The van der Waals surface area contributed by atoms with Gasteiger partial charge in [0, 0.05) is 6.20 Å². The molecule has 0 amide bonds. The van der Waals surface area contributed by atoms with Crippen LogP contribution in [-0.2, 0) is 14.2 Å². The van der Waals surface area contributed by atoms with E-state index in [1.807, 2.05) is 0 Å². The largest absolute Gasteiger partial charge is 0.508 e. The first-order valence-corrected chi connectivity index (χ1v) is 7.33. The quantitative estimate of drug-likeness (QED) is 0.751. The second-order valence-corrected chi connectivity index (χ2v) is 6.46. The lowest BCUT2D eigenvalue weighted by Gasteiger charge is -2.21. The summed E-state index contributed by atoms with van der Waals surface area (Å²) in [6.45, 7) is 4.11. The molecule has 9 nitrogen and oxygen atoms in total. The maximum Gasteiger partial charge on any atom is 0.508 e. The standard InChI is InChI=1S/C14H19F2N3O6/c1-13(2,3)25-12(22)23-6-7-9(20)14(15,16)10(24-7)19-5-4-8(17)18-11(19)21/h4-5,7,9-10,20H,6H2,1-3H3,(H2,17,18,21)/t7-,9-,10-/m1/s1. The molecule has 0 saturated carbocycles. The van der Waals surface area contributed by atoms with Crippen molar-refractivity contribution in [2.45, 2.75) is 50.7 Å². The third kappa shape index (κ3) is 4.23. The van der Waals surface area contributed by atoms with Crippen molar-refractivity contribution in [3.8, 4) is 0 Å². The average Bonchev–Trinajstić information content (AvgIpc) is 2.67. The van der Waals surface area contributed by atoms with E-state index in [1.54, 1.807) is 20.8 Å². The zero-order valence-electron chi connectivity index (χ0n) is 13.8. The van der Waals surface area contributed by atoms with Crippen LogP contribution in [-0.4, -0.2) is 51.2 Å². The summed E-state index contributed by atoms with van der Waals surface area (Å²) in [6.07, 6.45) is -6.09. The number of carbonyl (C=O) groups excluding carboxylic acids is 1. The molecular formula is C14H19F2N3O6. The first kappa shape index (κ1) is 19.1. The van der Waals surface area contributed by atoms with E-state index in [4.69, 9.17) is 19.9 Å². The number of aliphatic hydroxyl groups is 1. The van der Waals surface area contributed by atoms with Gasteiger partial charge in [0.15, 0.2) is 6.10 Å². The van der Waals surface area contributed by atoms with Gasteiger partial charge in [0.1, 0.15) is 24.1 Å². The van der Waals surface area contributed by atoms with Crippen molar-refractivity contribution in [1.82, 2.24) is 9.55 Å². The predicted molar refractivity (Wildman–Crippen MR) is 80.0 cm³/mol. The zero-order chi connectivity index (χ0) is 19.0. The maximum absolute atomic E-state index is 14.2. The molecule has 1 saturated heterocycles. The van der Waals surface area contributed by atoms with Crippen LogP contribution in [0.1, 0.15) is 27.0 Å².